The number of phenolic OH excluding ortho intramolecular Hbond substituents is 1. The van der Waals surface area contributed by atoms with Crippen molar-refractivity contribution in [3.63, 3.8) is 0 Å². The van der Waals surface area contributed by atoms with Crippen LogP contribution in [0.1, 0.15) is 27.5 Å². The number of rotatable bonds is 6. The summed E-state index contributed by atoms with van der Waals surface area (Å²) in [5.41, 5.74) is 0.882. The highest BCUT2D eigenvalue weighted by Crippen LogP contribution is 2.35. The van der Waals surface area contributed by atoms with Crippen molar-refractivity contribution in [1.82, 2.24) is 10.6 Å². The van der Waals surface area contributed by atoms with E-state index in [1.807, 2.05) is 54.6 Å². The van der Waals surface area contributed by atoms with Crippen molar-refractivity contribution in [1.29, 1.82) is 0 Å². The maximum absolute atomic E-state index is 13.8. The van der Waals surface area contributed by atoms with Crippen LogP contribution >= 0.6 is 0 Å². The molecule has 4 aromatic carbocycles. The minimum Gasteiger partial charge on any atom is -0.508 e. The van der Waals surface area contributed by atoms with Gasteiger partial charge >= 0.3 is 0 Å². The minimum absolute atomic E-state index is 0.0141. The van der Waals surface area contributed by atoms with Crippen molar-refractivity contribution < 1.29 is 23.5 Å². The molecule has 0 aliphatic carbocycles. The van der Waals surface area contributed by atoms with Crippen molar-refractivity contribution in [2.24, 2.45) is 0 Å². The van der Waals surface area contributed by atoms with Gasteiger partial charge in [-0.05, 0) is 34.5 Å². The molecule has 3 N–H and O–H groups in total. The number of hydrogen-bond acceptors (Lipinski definition) is 3. The highest BCUT2D eigenvalue weighted by atomic mass is 19.1. The third kappa shape index (κ3) is 4.82. The van der Waals surface area contributed by atoms with Gasteiger partial charge in [-0.15, -0.1) is 0 Å². The van der Waals surface area contributed by atoms with E-state index in [0.29, 0.717) is 11.6 Å². The molecule has 0 fully saturated rings. The van der Waals surface area contributed by atoms with Crippen LogP contribution in [0.3, 0.4) is 0 Å². The Hall–Kier alpha value is -4.26. The number of hydrogen-bond donors (Lipinski definition) is 3. The number of carbonyl (C=O) groups is 2. The summed E-state index contributed by atoms with van der Waals surface area (Å²) < 4.78 is 26.9. The van der Waals surface area contributed by atoms with E-state index in [9.17, 15) is 23.5 Å². The zero-order valence-electron chi connectivity index (χ0n) is 17.4. The Morgan fingerprint density at radius 2 is 1.61 bits per heavy atom. The quantitative estimate of drug-likeness (QED) is 0.409. The third-order valence-corrected chi connectivity index (χ3v) is 5.26. The van der Waals surface area contributed by atoms with Crippen LogP contribution in [0.5, 0.6) is 5.75 Å². The number of amides is 2. The summed E-state index contributed by atoms with van der Waals surface area (Å²) in [6.45, 7) is -0.440. The summed E-state index contributed by atoms with van der Waals surface area (Å²) in [5.74, 6) is -3.20. The maximum atomic E-state index is 13.8. The zero-order valence-corrected chi connectivity index (χ0v) is 17.4. The molecule has 5 nitrogen and oxygen atoms in total. The van der Waals surface area contributed by atoms with E-state index in [2.05, 4.69) is 10.6 Å². The number of halogens is 2. The molecule has 1 unspecified atom stereocenters. The van der Waals surface area contributed by atoms with Gasteiger partial charge in [0.1, 0.15) is 17.4 Å². The van der Waals surface area contributed by atoms with Crippen LogP contribution in [0.4, 0.5) is 8.78 Å². The van der Waals surface area contributed by atoms with Gasteiger partial charge in [-0.1, -0.05) is 60.7 Å². The molecule has 4 aromatic rings. The molecule has 0 bridgehead atoms. The molecular formula is C26H20F2N2O3. The maximum Gasteiger partial charge on any atom is 0.254 e. The van der Waals surface area contributed by atoms with Crippen molar-refractivity contribution in [3.8, 4) is 5.75 Å². The monoisotopic (exact) mass is 446 g/mol. The number of fused-ring (bicyclic) bond motifs is 1. The number of nitrogens with one attached hydrogen (secondary N) is 2. The standard InChI is InChI=1S/C26H20F2N2O3/c27-18-11-12-20(21(28)14-18)26(33)29-15-23(32)30-25(17-7-2-1-3-8-17)24-19-9-5-4-6-16(19)10-13-22(24)31/h1-14,25,31H,15H2,(H,29,33)(H,30,32). The van der Waals surface area contributed by atoms with Gasteiger partial charge in [0.15, 0.2) is 0 Å². The summed E-state index contributed by atoms with van der Waals surface area (Å²) >= 11 is 0. The van der Waals surface area contributed by atoms with Crippen LogP contribution in [0, 0.1) is 11.6 Å². The van der Waals surface area contributed by atoms with Crippen molar-refractivity contribution in [2.45, 2.75) is 6.04 Å². The molecule has 7 heteroatoms. The first-order chi connectivity index (χ1) is 15.9. The van der Waals surface area contributed by atoms with Crippen molar-refractivity contribution in [3.05, 3.63) is 113 Å². The van der Waals surface area contributed by atoms with E-state index in [1.54, 1.807) is 12.1 Å². The molecule has 0 aliphatic heterocycles. The third-order valence-electron chi connectivity index (χ3n) is 5.26. The molecule has 2 amide bonds. The van der Waals surface area contributed by atoms with Gasteiger partial charge in [-0.25, -0.2) is 8.78 Å². The molecule has 1 atom stereocenters. The van der Waals surface area contributed by atoms with Crippen LogP contribution in [-0.2, 0) is 4.79 Å². The Morgan fingerprint density at radius 1 is 0.879 bits per heavy atom. The molecule has 0 saturated carbocycles. The Morgan fingerprint density at radius 3 is 2.36 bits per heavy atom. The lowest BCUT2D eigenvalue weighted by Gasteiger charge is -2.23. The first kappa shape index (κ1) is 22.0. The van der Waals surface area contributed by atoms with Gasteiger partial charge in [-0.3, -0.25) is 9.59 Å². The summed E-state index contributed by atoms with van der Waals surface area (Å²) in [7, 11) is 0. The Labute approximate surface area is 188 Å². The summed E-state index contributed by atoms with van der Waals surface area (Å²) in [5, 5.41) is 17.5. The number of aromatic hydroxyl groups is 1. The molecule has 0 saturated heterocycles. The number of carbonyl (C=O) groups excluding carboxylic acids is 2. The van der Waals surface area contributed by atoms with Gasteiger partial charge in [-0.2, -0.15) is 0 Å². The molecule has 0 aliphatic rings. The fraction of sp³-hybridized carbons (Fsp3) is 0.0769. The van der Waals surface area contributed by atoms with Crippen molar-refractivity contribution in [2.75, 3.05) is 6.54 Å². The van der Waals surface area contributed by atoms with E-state index in [4.69, 9.17) is 0 Å². The largest absolute Gasteiger partial charge is 0.508 e. The van der Waals surface area contributed by atoms with E-state index in [0.717, 1.165) is 28.5 Å². The van der Waals surface area contributed by atoms with Crippen molar-refractivity contribution >= 4 is 22.6 Å². The van der Waals surface area contributed by atoms with E-state index in [1.165, 1.54) is 0 Å². The molecule has 33 heavy (non-hydrogen) atoms. The lowest BCUT2D eigenvalue weighted by atomic mass is 9.92. The van der Waals surface area contributed by atoms with E-state index < -0.39 is 36.0 Å². The minimum atomic E-state index is -1.02. The summed E-state index contributed by atoms with van der Waals surface area (Å²) in [6.07, 6.45) is 0. The molecule has 0 spiro atoms. The Bertz CT molecular complexity index is 1330. The predicted molar refractivity (Wildman–Crippen MR) is 121 cm³/mol. The average Bonchev–Trinajstić information content (AvgIpc) is 2.82. The number of phenols is 1. The van der Waals surface area contributed by atoms with Crippen LogP contribution in [0.25, 0.3) is 10.8 Å². The summed E-state index contributed by atoms with van der Waals surface area (Å²) in [4.78, 5) is 25.0. The Balaban J connectivity index is 1.59. The van der Waals surface area contributed by atoms with Gasteiger partial charge in [0, 0.05) is 11.6 Å². The predicted octanol–water partition coefficient (Wildman–Crippen LogP) is 4.46. The first-order valence-electron chi connectivity index (χ1n) is 10.2. The van der Waals surface area contributed by atoms with Gasteiger partial charge < -0.3 is 15.7 Å². The normalized spacial score (nSPS) is 11.7. The highest BCUT2D eigenvalue weighted by Gasteiger charge is 2.23. The van der Waals surface area contributed by atoms with Crippen LogP contribution in [0.15, 0.2) is 84.9 Å². The fourth-order valence-electron chi connectivity index (χ4n) is 3.70. The van der Waals surface area contributed by atoms with Crippen LogP contribution in [-0.4, -0.2) is 23.5 Å². The first-order valence-corrected chi connectivity index (χ1v) is 10.2. The molecule has 0 heterocycles. The topological polar surface area (TPSA) is 78.4 Å². The molecule has 0 aromatic heterocycles. The molecule has 0 radical (unpaired) electrons. The smallest absolute Gasteiger partial charge is 0.254 e. The second-order valence-corrected chi connectivity index (χ2v) is 7.44. The lowest BCUT2D eigenvalue weighted by molar-refractivity contribution is -0.120. The van der Waals surface area contributed by atoms with Gasteiger partial charge in [0.25, 0.3) is 5.91 Å². The Kier molecular flexibility index (Phi) is 6.31. The SMILES string of the molecule is O=C(CNC(=O)c1ccc(F)cc1F)NC(c1ccccc1)c1c(O)ccc2ccccc12. The molecule has 4 rings (SSSR count). The summed E-state index contributed by atoms with van der Waals surface area (Å²) in [6, 6.07) is 21.8. The van der Waals surface area contributed by atoms with Crippen LogP contribution in [0.2, 0.25) is 0 Å². The van der Waals surface area contributed by atoms with E-state index >= 15 is 0 Å². The second-order valence-electron chi connectivity index (χ2n) is 7.44. The lowest BCUT2D eigenvalue weighted by Crippen LogP contribution is -2.39. The average molecular weight is 446 g/mol. The van der Waals surface area contributed by atoms with Gasteiger partial charge in [0.2, 0.25) is 5.91 Å². The van der Waals surface area contributed by atoms with Gasteiger partial charge in [0.05, 0.1) is 18.2 Å². The molecule has 166 valence electrons. The zero-order chi connectivity index (χ0) is 23.4. The highest BCUT2D eigenvalue weighted by molar-refractivity contribution is 5.97. The number of benzene rings is 4. The second kappa shape index (κ2) is 9.48. The van der Waals surface area contributed by atoms with Crippen LogP contribution < -0.4 is 10.6 Å². The molecular weight excluding hydrogens is 426 g/mol. The fourth-order valence-corrected chi connectivity index (χ4v) is 3.70. The van der Waals surface area contributed by atoms with E-state index in [-0.39, 0.29) is 11.3 Å².